The van der Waals surface area contributed by atoms with Crippen molar-refractivity contribution in [2.24, 2.45) is 0 Å². The Morgan fingerprint density at radius 3 is 2.67 bits per heavy atom. The normalized spacial score (nSPS) is 17.1. The van der Waals surface area contributed by atoms with E-state index in [0.29, 0.717) is 5.56 Å². The predicted octanol–water partition coefficient (Wildman–Crippen LogP) is 1.64. The first-order valence-electron chi connectivity index (χ1n) is 8.17. The van der Waals surface area contributed by atoms with E-state index in [1.165, 1.54) is 19.1 Å². The van der Waals surface area contributed by atoms with Crippen LogP contribution in [0.2, 0.25) is 5.82 Å². The van der Waals surface area contributed by atoms with Gasteiger partial charge in [-0.3, -0.25) is 4.79 Å². The van der Waals surface area contributed by atoms with Crippen LogP contribution >= 0.6 is 0 Å². The minimum Gasteiger partial charge on any atom is -0.535 e. The van der Waals surface area contributed by atoms with Crippen LogP contribution in [0, 0.1) is 0 Å². The van der Waals surface area contributed by atoms with Crippen LogP contribution in [0.25, 0.3) is 0 Å². The zero-order chi connectivity index (χ0) is 20.4. The molecule has 1 heterocycles. The maximum Gasteiger partial charge on any atom is 0.526 e. The Balaban J connectivity index is 2.19. The Hall–Kier alpha value is -2.01. The second-order valence-corrected chi connectivity index (χ2v) is 8.51. The summed E-state index contributed by atoms with van der Waals surface area (Å²) in [5.41, 5.74) is 0.325. The number of fused-ring (bicyclic) bond motifs is 1. The van der Waals surface area contributed by atoms with Gasteiger partial charge in [0.25, 0.3) is 0 Å². The number of ketones is 1. The molecule has 1 aliphatic heterocycles. The van der Waals surface area contributed by atoms with Gasteiger partial charge >= 0.3 is 19.0 Å². The number of para-hydroxylation sites is 1. The second kappa shape index (κ2) is 7.93. The Bertz CT molecular complexity index is 841. The quantitative estimate of drug-likeness (QED) is 0.544. The number of carbonyl (C=O) groups excluding carboxylic acids is 2. The Morgan fingerprint density at radius 2 is 2.07 bits per heavy atom. The van der Waals surface area contributed by atoms with E-state index in [0.717, 1.165) is 6.26 Å². The van der Waals surface area contributed by atoms with Crippen LogP contribution in [0.4, 0.5) is 8.78 Å². The molecule has 11 heteroatoms. The van der Waals surface area contributed by atoms with Crippen LogP contribution in [0.3, 0.4) is 0 Å². The number of sulfone groups is 1. The molecule has 1 aromatic rings. The summed E-state index contributed by atoms with van der Waals surface area (Å²) in [7, 11) is -5.11. The van der Waals surface area contributed by atoms with Crippen LogP contribution < -0.4 is 4.65 Å². The smallest absolute Gasteiger partial charge is 0.526 e. The molecule has 0 saturated carbocycles. The van der Waals surface area contributed by atoms with Gasteiger partial charge in [0.1, 0.15) is 11.3 Å². The summed E-state index contributed by atoms with van der Waals surface area (Å²) in [6, 6.07) is 4.37. The van der Waals surface area contributed by atoms with E-state index in [9.17, 15) is 31.8 Å². The number of halogens is 2. The third-order valence-corrected chi connectivity index (χ3v) is 4.69. The lowest BCUT2D eigenvalue weighted by Gasteiger charge is -2.29. The summed E-state index contributed by atoms with van der Waals surface area (Å²) < 4.78 is 59.2. The lowest BCUT2D eigenvalue weighted by molar-refractivity contribution is -0.143. The van der Waals surface area contributed by atoms with Crippen LogP contribution in [0.1, 0.15) is 35.7 Å². The molecule has 0 aromatic heterocycles. The number of carbonyl (C=O) groups is 2. The standard InChI is InChI=1S/C16H19BF2O7S/c1-3-16(18,19)13(20)8-11-7-10-5-4-6-12(14(10)26-17(11)22)15(21)25-9-27(2,23)24/h4-6,11,22H,3,7-9H2,1-2H3/t11-/m1/s1. The average Bonchev–Trinajstić information content (AvgIpc) is 2.59. The highest BCUT2D eigenvalue weighted by Crippen LogP contribution is 2.38. The molecule has 0 saturated heterocycles. The molecule has 0 bridgehead atoms. The van der Waals surface area contributed by atoms with E-state index < -0.39 is 59.2 Å². The van der Waals surface area contributed by atoms with Crippen molar-refractivity contribution in [3.05, 3.63) is 29.3 Å². The van der Waals surface area contributed by atoms with E-state index in [4.69, 9.17) is 9.39 Å². The molecule has 0 radical (unpaired) electrons. The molecule has 0 unspecified atom stereocenters. The van der Waals surface area contributed by atoms with Crippen LogP contribution in [-0.4, -0.2) is 50.4 Å². The van der Waals surface area contributed by atoms with Crippen molar-refractivity contribution < 1.29 is 41.2 Å². The van der Waals surface area contributed by atoms with Crippen molar-refractivity contribution in [1.29, 1.82) is 0 Å². The first-order valence-corrected chi connectivity index (χ1v) is 10.2. The number of alkyl halides is 2. The molecule has 1 N–H and O–H groups in total. The van der Waals surface area contributed by atoms with Gasteiger partial charge in [0.2, 0.25) is 5.78 Å². The van der Waals surface area contributed by atoms with Crippen LogP contribution in [-0.2, 0) is 25.8 Å². The van der Waals surface area contributed by atoms with Crippen molar-refractivity contribution in [2.75, 3.05) is 12.2 Å². The van der Waals surface area contributed by atoms with Crippen LogP contribution in [0.5, 0.6) is 5.75 Å². The topological polar surface area (TPSA) is 107 Å². The highest BCUT2D eigenvalue weighted by Gasteiger charge is 2.43. The summed E-state index contributed by atoms with van der Waals surface area (Å²) in [5, 5.41) is 10.1. The molecule has 1 aliphatic rings. The van der Waals surface area contributed by atoms with Crippen molar-refractivity contribution in [3.63, 3.8) is 0 Å². The zero-order valence-electron chi connectivity index (χ0n) is 14.8. The molecule has 7 nitrogen and oxygen atoms in total. The lowest BCUT2D eigenvalue weighted by atomic mass is 9.64. The number of benzene rings is 1. The fraction of sp³-hybridized carbons (Fsp3) is 0.500. The fourth-order valence-electron chi connectivity index (χ4n) is 2.64. The maximum absolute atomic E-state index is 13.5. The number of ether oxygens (including phenoxy) is 1. The monoisotopic (exact) mass is 404 g/mol. The third-order valence-electron chi connectivity index (χ3n) is 4.14. The molecule has 27 heavy (non-hydrogen) atoms. The lowest BCUT2D eigenvalue weighted by Crippen LogP contribution is -2.38. The van der Waals surface area contributed by atoms with Gasteiger partial charge in [0.05, 0.1) is 0 Å². The number of hydrogen-bond donors (Lipinski definition) is 1. The highest BCUT2D eigenvalue weighted by molar-refractivity contribution is 7.90. The molecule has 2 rings (SSSR count). The van der Waals surface area contributed by atoms with E-state index in [1.807, 2.05) is 0 Å². The van der Waals surface area contributed by atoms with E-state index >= 15 is 0 Å². The summed E-state index contributed by atoms with van der Waals surface area (Å²) >= 11 is 0. The van der Waals surface area contributed by atoms with Crippen molar-refractivity contribution in [2.45, 2.75) is 37.9 Å². The maximum atomic E-state index is 13.5. The first kappa shape index (κ1) is 21.3. The van der Waals surface area contributed by atoms with Gasteiger partial charge in [-0.2, -0.15) is 8.78 Å². The highest BCUT2D eigenvalue weighted by atomic mass is 32.2. The predicted molar refractivity (Wildman–Crippen MR) is 92.5 cm³/mol. The van der Waals surface area contributed by atoms with Gasteiger partial charge in [-0.1, -0.05) is 19.1 Å². The van der Waals surface area contributed by atoms with E-state index in [2.05, 4.69) is 0 Å². The van der Waals surface area contributed by atoms with Crippen molar-refractivity contribution >= 4 is 28.7 Å². The molecular weight excluding hydrogens is 385 g/mol. The summed E-state index contributed by atoms with van der Waals surface area (Å²) in [5.74, 6) is -7.46. The largest absolute Gasteiger partial charge is 0.535 e. The zero-order valence-corrected chi connectivity index (χ0v) is 15.6. The SMILES string of the molecule is CCC(F)(F)C(=O)C[C@H]1Cc2cccc(C(=O)OCS(C)(=O)=O)c2OB1O. The number of esters is 1. The molecule has 0 fully saturated rings. The molecule has 0 amide bonds. The molecule has 0 aliphatic carbocycles. The van der Waals surface area contributed by atoms with Gasteiger partial charge in [-0.25, -0.2) is 13.2 Å². The summed E-state index contributed by atoms with van der Waals surface area (Å²) in [4.78, 5) is 23.8. The van der Waals surface area contributed by atoms with Gasteiger partial charge < -0.3 is 14.4 Å². The summed E-state index contributed by atoms with van der Waals surface area (Å²) in [6.07, 6.45) is -0.281. The average molecular weight is 404 g/mol. The third kappa shape index (κ3) is 5.26. The molecule has 1 atom stereocenters. The van der Waals surface area contributed by atoms with Crippen molar-refractivity contribution in [1.82, 2.24) is 0 Å². The molecule has 0 spiro atoms. The Morgan fingerprint density at radius 1 is 1.41 bits per heavy atom. The van der Waals surface area contributed by atoms with Gasteiger partial charge in [0, 0.05) is 24.9 Å². The first-order chi connectivity index (χ1) is 12.4. The molecule has 1 aromatic carbocycles. The molecule has 148 valence electrons. The molecular formula is C16H19BF2O7S. The fourth-order valence-corrected chi connectivity index (χ4v) is 2.96. The van der Waals surface area contributed by atoms with Gasteiger partial charge in [-0.05, 0) is 18.1 Å². The minimum atomic E-state index is -3.54. The van der Waals surface area contributed by atoms with E-state index in [1.54, 1.807) is 6.07 Å². The Labute approximate surface area is 155 Å². The van der Waals surface area contributed by atoms with E-state index in [-0.39, 0.29) is 17.7 Å². The van der Waals surface area contributed by atoms with Gasteiger partial charge in [0.15, 0.2) is 15.8 Å². The van der Waals surface area contributed by atoms with Gasteiger partial charge in [-0.15, -0.1) is 0 Å². The Kier molecular flexibility index (Phi) is 6.26. The second-order valence-electron chi connectivity index (χ2n) is 6.43. The number of hydrogen-bond acceptors (Lipinski definition) is 7. The summed E-state index contributed by atoms with van der Waals surface area (Å²) in [6.45, 7) is 1.19. The number of Topliss-reactive ketones (excluding diaryl/α,β-unsaturated/α-hetero) is 1. The minimum absolute atomic E-state index is 0.0190. The number of rotatable bonds is 7. The van der Waals surface area contributed by atoms with Crippen LogP contribution in [0.15, 0.2) is 18.2 Å². The van der Waals surface area contributed by atoms with Crippen molar-refractivity contribution in [3.8, 4) is 5.75 Å².